The third-order valence-electron chi connectivity index (χ3n) is 3.58. The Labute approximate surface area is 119 Å². The number of hydrogen-bond acceptors (Lipinski definition) is 5. The molecular weight excluding hydrogens is 280 g/mol. The molecular formula is C12H22N4O3S. The van der Waals surface area contributed by atoms with Crippen molar-refractivity contribution in [3.63, 3.8) is 0 Å². The molecule has 1 fully saturated rings. The van der Waals surface area contributed by atoms with Crippen LogP contribution in [0.4, 0.5) is 0 Å². The van der Waals surface area contributed by atoms with Gasteiger partial charge in [-0.2, -0.15) is 9.40 Å². The molecule has 1 N–H and O–H groups in total. The van der Waals surface area contributed by atoms with Gasteiger partial charge in [-0.1, -0.05) is 0 Å². The zero-order chi connectivity index (χ0) is 14.6. The SMILES string of the molecule is CN(CCN1CCCC1)S(=O)(=O)c1cnn(CCO)c1. The summed E-state index contributed by atoms with van der Waals surface area (Å²) in [6.45, 7) is 3.59. The van der Waals surface area contributed by atoms with Gasteiger partial charge in [-0.05, 0) is 25.9 Å². The highest BCUT2D eigenvalue weighted by Crippen LogP contribution is 2.14. The van der Waals surface area contributed by atoms with E-state index in [1.807, 2.05) is 0 Å². The van der Waals surface area contributed by atoms with Crippen molar-refractivity contribution in [2.24, 2.45) is 0 Å². The molecule has 0 amide bonds. The average molecular weight is 302 g/mol. The van der Waals surface area contributed by atoms with E-state index >= 15 is 0 Å². The maximum atomic E-state index is 12.3. The van der Waals surface area contributed by atoms with Gasteiger partial charge >= 0.3 is 0 Å². The summed E-state index contributed by atoms with van der Waals surface area (Å²) in [6, 6.07) is 0. The summed E-state index contributed by atoms with van der Waals surface area (Å²) in [5.74, 6) is 0. The second kappa shape index (κ2) is 6.66. The van der Waals surface area contributed by atoms with Gasteiger partial charge in [0.2, 0.25) is 10.0 Å². The van der Waals surface area contributed by atoms with Crippen LogP contribution >= 0.6 is 0 Å². The van der Waals surface area contributed by atoms with Crippen molar-refractivity contribution in [3.05, 3.63) is 12.4 Å². The lowest BCUT2D eigenvalue weighted by Crippen LogP contribution is -2.35. The van der Waals surface area contributed by atoms with Gasteiger partial charge in [0, 0.05) is 26.3 Å². The summed E-state index contributed by atoms with van der Waals surface area (Å²) in [6.07, 6.45) is 5.18. The smallest absolute Gasteiger partial charge is 0.245 e. The summed E-state index contributed by atoms with van der Waals surface area (Å²) >= 11 is 0. The number of hydrogen-bond donors (Lipinski definition) is 1. The molecule has 1 aromatic heterocycles. The Morgan fingerprint density at radius 1 is 1.35 bits per heavy atom. The van der Waals surface area contributed by atoms with E-state index in [9.17, 15) is 8.42 Å². The molecule has 2 rings (SSSR count). The molecule has 1 saturated heterocycles. The minimum atomic E-state index is -3.49. The number of aromatic nitrogens is 2. The molecule has 8 heteroatoms. The van der Waals surface area contributed by atoms with E-state index in [1.165, 1.54) is 34.2 Å². The van der Waals surface area contributed by atoms with E-state index in [4.69, 9.17) is 5.11 Å². The monoisotopic (exact) mass is 302 g/mol. The van der Waals surface area contributed by atoms with Crippen molar-refractivity contribution in [3.8, 4) is 0 Å². The van der Waals surface area contributed by atoms with E-state index in [0.717, 1.165) is 19.6 Å². The van der Waals surface area contributed by atoms with Gasteiger partial charge in [0.15, 0.2) is 0 Å². The maximum Gasteiger partial charge on any atom is 0.245 e. The molecule has 2 heterocycles. The van der Waals surface area contributed by atoms with Crippen molar-refractivity contribution in [1.29, 1.82) is 0 Å². The minimum absolute atomic E-state index is 0.0635. The van der Waals surface area contributed by atoms with Gasteiger partial charge in [0.1, 0.15) is 4.90 Å². The summed E-state index contributed by atoms with van der Waals surface area (Å²) in [5.41, 5.74) is 0. The molecule has 0 bridgehead atoms. The van der Waals surface area contributed by atoms with Crippen molar-refractivity contribution in [2.75, 3.05) is 39.8 Å². The number of likely N-dealkylation sites (N-methyl/N-ethyl adjacent to an activating group) is 1. The number of aliphatic hydroxyl groups excluding tert-OH is 1. The molecule has 1 aromatic rings. The van der Waals surface area contributed by atoms with Gasteiger partial charge in [-0.3, -0.25) is 4.68 Å². The fourth-order valence-electron chi connectivity index (χ4n) is 2.29. The number of sulfonamides is 1. The first-order chi connectivity index (χ1) is 9.54. The van der Waals surface area contributed by atoms with Crippen LogP contribution in [0.15, 0.2) is 17.3 Å². The molecule has 0 aromatic carbocycles. The zero-order valence-corrected chi connectivity index (χ0v) is 12.6. The van der Waals surface area contributed by atoms with Crippen LogP contribution < -0.4 is 0 Å². The molecule has 0 spiro atoms. The molecule has 0 atom stereocenters. The Hall–Kier alpha value is -0.960. The third-order valence-corrected chi connectivity index (χ3v) is 5.39. The molecule has 7 nitrogen and oxygen atoms in total. The zero-order valence-electron chi connectivity index (χ0n) is 11.8. The van der Waals surface area contributed by atoms with E-state index < -0.39 is 10.0 Å². The van der Waals surface area contributed by atoms with Gasteiger partial charge in [-0.15, -0.1) is 0 Å². The lowest BCUT2D eigenvalue weighted by molar-refractivity contribution is 0.269. The van der Waals surface area contributed by atoms with Gasteiger partial charge in [0.05, 0.1) is 19.3 Å². The van der Waals surface area contributed by atoms with Crippen molar-refractivity contribution >= 4 is 10.0 Å². The van der Waals surface area contributed by atoms with E-state index in [2.05, 4.69) is 10.00 Å². The first-order valence-electron chi connectivity index (χ1n) is 6.86. The van der Waals surface area contributed by atoms with Crippen molar-refractivity contribution < 1.29 is 13.5 Å². The number of aliphatic hydroxyl groups is 1. The molecule has 1 aliphatic heterocycles. The molecule has 0 aliphatic carbocycles. The first-order valence-corrected chi connectivity index (χ1v) is 8.30. The largest absolute Gasteiger partial charge is 0.394 e. The standard InChI is InChI=1S/C12H22N4O3S/c1-14(6-7-15-4-2-3-5-15)20(18,19)12-10-13-16(11-12)8-9-17/h10-11,17H,2-9H2,1H3. The molecule has 0 saturated carbocycles. The highest BCUT2D eigenvalue weighted by atomic mass is 32.2. The first kappa shape index (κ1) is 15.4. The fourth-order valence-corrected chi connectivity index (χ4v) is 3.41. The lowest BCUT2D eigenvalue weighted by Gasteiger charge is -2.20. The third kappa shape index (κ3) is 3.57. The normalized spacial score (nSPS) is 17.1. The molecule has 0 unspecified atom stereocenters. The summed E-state index contributed by atoms with van der Waals surface area (Å²) in [5, 5.41) is 12.8. The Morgan fingerprint density at radius 3 is 2.70 bits per heavy atom. The van der Waals surface area contributed by atoms with Crippen LogP contribution in [-0.2, 0) is 16.6 Å². The number of likely N-dealkylation sites (tertiary alicyclic amines) is 1. The van der Waals surface area contributed by atoms with Crippen LogP contribution in [0.2, 0.25) is 0 Å². The van der Waals surface area contributed by atoms with Crippen LogP contribution in [-0.4, -0.2) is 72.3 Å². The maximum absolute atomic E-state index is 12.3. The predicted molar refractivity (Wildman–Crippen MR) is 74.8 cm³/mol. The second-order valence-corrected chi connectivity index (χ2v) is 7.08. The quantitative estimate of drug-likeness (QED) is 0.741. The molecule has 20 heavy (non-hydrogen) atoms. The lowest BCUT2D eigenvalue weighted by atomic mass is 10.4. The van der Waals surface area contributed by atoms with Gasteiger partial charge in [0.25, 0.3) is 0 Å². The minimum Gasteiger partial charge on any atom is -0.394 e. The molecule has 114 valence electrons. The summed E-state index contributed by atoms with van der Waals surface area (Å²) in [4.78, 5) is 2.45. The summed E-state index contributed by atoms with van der Waals surface area (Å²) < 4.78 is 27.5. The van der Waals surface area contributed by atoms with Crippen molar-refractivity contribution in [1.82, 2.24) is 19.0 Å². The Bertz CT molecular complexity index is 523. The predicted octanol–water partition coefficient (Wildman–Crippen LogP) is -0.408. The second-order valence-electron chi connectivity index (χ2n) is 5.04. The van der Waals surface area contributed by atoms with E-state index in [1.54, 1.807) is 7.05 Å². The topological polar surface area (TPSA) is 78.7 Å². The Kier molecular flexibility index (Phi) is 5.14. The summed E-state index contributed by atoms with van der Waals surface area (Å²) in [7, 11) is -1.89. The van der Waals surface area contributed by atoms with Crippen LogP contribution in [0.1, 0.15) is 12.8 Å². The van der Waals surface area contributed by atoms with Gasteiger partial charge in [-0.25, -0.2) is 8.42 Å². The van der Waals surface area contributed by atoms with E-state index in [0.29, 0.717) is 13.1 Å². The van der Waals surface area contributed by atoms with Gasteiger partial charge < -0.3 is 10.0 Å². The number of nitrogens with zero attached hydrogens (tertiary/aromatic N) is 4. The Morgan fingerprint density at radius 2 is 2.05 bits per heavy atom. The fraction of sp³-hybridized carbons (Fsp3) is 0.750. The Balaban J connectivity index is 1.96. The molecule has 1 aliphatic rings. The average Bonchev–Trinajstić information content (AvgIpc) is 3.07. The van der Waals surface area contributed by atoms with E-state index in [-0.39, 0.29) is 11.5 Å². The van der Waals surface area contributed by atoms with Crippen LogP contribution in [0.5, 0.6) is 0 Å². The van der Waals surface area contributed by atoms with Crippen LogP contribution in [0, 0.1) is 0 Å². The molecule has 0 radical (unpaired) electrons. The number of rotatable bonds is 7. The highest BCUT2D eigenvalue weighted by molar-refractivity contribution is 7.89. The van der Waals surface area contributed by atoms with Crippen molar-refractivity contribution in [2.45, 2.75) is 24.3 Å². The van der Waals surface area contributed by atoms with Crippen LogP contribution in [0.25, 0.3) is 0 Å². The van der Waals surface area contributed by atoms with Crippen LogP contribution in [0.3, 0.4) is 0 Å². The highest BCUT2D eigenvalue weighted by Gasteiger charge is 2.23.